The molecule has 19 heavy (non-hydrogen) atoms. The first-order valence-corrected chi connectivity index (χ1v) is 6.46. The number of nitrogens with zero attached hydrogens (tertiary/aromatic N) is 1. The van der Waals surface area contributed by atoms with E-state index >= 15 is 0 Å². The zero-order valence-electron chi connectivity index (χ0n) is 10.1. The summed E-state index contributed by atoms with van der Waals surface area (Å²) in [6.45, 7) is 8.85. The molecular weight excluding hydrogens is 265 g/mol. The molecule has 0 radical (unpaired) electrons. The van der Waals surface area contributed by atoms with Gasteiger partial charge in [0.2, 0.25) is 5.69 Å². The Kier molecular flexibility index (Phi) is 3.93. The second-order valence-corrected chi connectivity index (χ2v) is 4.61. The summed E-state index contributed by atoms with van der Waals surface area (Å²) in [6, 6.07) is 6.05. The number of rotatable bonds is 3. The quantitative estimate of drug-likeness (QED) is 0.618. The van der Waals surface area contributed by atoms with Crippen molar-refractivity contribution >= 4 is 23.0 Å². The lowest BCUT2D eigenvalue weighted by molar-refractivity contribution is 0.0532. The largest absolute Gasteiger partial charge is 0.462 e. The molecule has 0 amide bonds. The van der Waals surface area contributed by atoms with Gasteiger partial charge in [-0.05, 0) is 35.6 Å². The van der Waals surface area contributed by atoms with E-state index in [1.165, 1.54) is 23.5 Å². The normalized spacial score (nSPS) is 9.95. The zero-order valence-corrected chi connectivity index (χ0v) is 11.0. The van der Waals surface area contributed by atoms with E-state index < -0.39 is 5.82 Å². The maximum atomic E-state index is 13.5. The standard InChI is InChI=1S/C14H10FNO2S/c1-3-18-14(17)13-7-10(8-19-13)9-4-5-12(16-2)11(15)6-9/h4-8H,3H2,1H3. The molecule has 0 unspecified atom stereocenters. The molecule has 0 saturated heterocycles. The van der Waals surface area contributed by atoms with Gasteiger partial charge in [-0.1, -0.05) is 12.1 Å². The number of halogens is 1. The fourth-order valence-corrected chi connectivity index (χ4v) is 2.38. The molecule has 2 rings (SSSR count). The van der Waals surface area contributed by atoms with Crippen LogP contribution in [0, 0.1) is 12.4 Å². The Balaban J connectivity index is 2.31. The summed E-state index contributed by atoms with van der Waals surface area (Å²) in [4.78, 5) is 15.1. The summed E-state index contributed by atoms with van der Waals surface area (Å²) in [5.41, 5.74) is 1.37. The van der Waals surface area contributed by atoms with Crippen molar-refractivity contribution < 1.29 is 13.9 Å². The highest BCUT2D eigenvalue weighted by atomic mass is 32.1. The molecule has 96 valence electrons. The maximum absolute atomic E-state index is 13.5. The van der Waals surface area contributed by atoms with E-state index in [0.29, 0.717) is 17.0 Å². The minimum absolute atomic E-state index is 0.00963. The molecule has 0 bridgehead atoms. The Morgan fingerprint density at radius 2 is 2.21 bits per heavy atom. The molecule has 1 aromatic carbocycles. The van der Waals surface area contributed by atoms with Gasteiger partial charge in [0.25, 0.3) is 0 Å². The molecule has 2 aromatic rings. The first-order chi connectivity index (χ1) is 9.15. The lowest BCUT2D eigenvalue weighted by atomic mass is 10.1. The van der Waals surface area contributed by atoms with Gasteiger partial charge in [-0.15, -0.1) is 11.3 Å². The third kappa shape index (κ3) is 2.80. The van der Waals surface area contributed by atoms with Crippen molar-refractivity contribution in [1.82, 2.24) is 0 Å². The van der Waals surface area contributed by atoms with Gasteiger partial charge in [0, 0.05) is 0 Å². The fourth-order valence-electron chi connectivity index (χ4n) is 1.57. The minimum atomic E-state index is -0.559. The molecule has 0 atom stereocenters. The first-order valence-electron chi connectivity index (χ1n) is 5.58. The van der Waals surface area contributed by atoms with Crippen LogP contribution in [0.25, 0.3) is 16.0 Å². The molecule has 0 spiro atoms. The topological polar surface area (TPSA) is 30.7 Å². The van der Waals surface area contributed by atoms with Crippen molar-refractivity contribution in [3.8, 4) is 11.1 Å². The number of esters is 1. The number of carbonyl (C=O) groups excluding carboxylic acids is 1. The van der Waals surface area contributed by atoms with Crippen molar-refractivity contribution in [3.05, 3.63) is 51.8 Å². The van der Waals surface area contributed by atoms with Crippen LogP contribution in [0.1, 0.15) is 16.6 Å². The lowest BCUT2D eigenvalue weighted by Crippen LogP contribution is -2.01. The molecule has 0 aliphatic carbocycles. The fraction of sp³-hybridized carbons (Fsp3) is 0.143. The molecule has 5 heteroatoms. The second-order valence-electron chi connectivity index (χ2n) is 3.70. The summed E-state index contributed by atoms with van der Waals surface area (Å²) < 4.78 is 18.4. The predicted molar refractivity (Wildman–Crippen MR) is 71.9 cm³/mol. The summed E-state index contributed by atoms with van der Waals surface area (Å²) in [7, 11) is 0. The van der Waals surface area contributed by atoms with E-state index in [1.807, 2.05) is 0 Å². The summed E-state index contributed by atoms with van der Waals surface area (Å²) >= 11 is 1.25. The molecule has 1 aromatic heterocycles. The van der Waals surface area contributed by atoms with Gasteiger partial charge in [0.15, 0.2) is 0 Å². The van der Waals surface area contributed by atoms with Crippen molar-refractivity contribution in [2.75, 3.05) is 6.61 Å². The van der Waals surface area contributed by atoms with Crippen molar-refractivity contribution in [1.29, 1.82) is 0 Å². The number of benzene rings is 1. The van der Waals surface area contributed by atoms with Gasteiger partial charge in [0.1, 0.15) is 10.7 Å². The monoisotopic (exact) mass is 275 g/mol. The zero-order chi connectivity index (χ0) is 13.8. The Morgan fingerprint density at radius 1 is 1.42 bits per heavy atom. The Hall–Kier alpha value is -2.19. The highest BCUT2D eigenvalue weighted by Crippen LogP contribution is 2.29. The first kappa shape index (κ1) is 13.2. The van der Waals surface area contributed by atoms with Crippen LogP contribution in [0.15, 0.2) is 29.6 Å². The highest BCUT2D eigenvalue weighted by molar-refractivity contribution is 7.12. The van der Waals surface area contributed by atoms with Gasteiger partial charge in [0.05, 0.1) is 13.2 Å². The van der Waals surface area contributed by atoms with E-state index in [9.17, 15) is 9.18 Å². The Morgan fingerprint density at radius 3 is 2.84 bits per heavy atom. The molecule has 0 N–H and O–H groups in total. The van der Waals surface area contributed by atoms with E-state index in [-0.39, 0.29) is 11.7 Å². The average Bonchev–Trinajstić information content (AvgIpc) is 2.88. The smallest absolute Gasteiger partial charge is 0.348 e. The average molecular weight is 275 g/mol. The van der Waals surface area contributed by atoms with Gasteiger partial charge in [-0.2, -0.15) is 0 Å². The van der Waals surface area contributed by atoms with Crippen LogP contribution < -0.4 is 0 Å². The SMILES string of the molecule is [C-]#[N+]c1ccc(-c2csc(C(=O)OCC)c2)cc1F. The molecule has 0 aliphatic heterocycles. The van der Waals surface area contributed by atoms with E-state index in [4.69, 9.17) is 11.3 Å². The van der Waals surface area contributed by atoms with Crippen molar-refractivity contribution in [3.63, 3.8) is 0 Å². The van der Waals surface area contributed by atoms with Crippen LogP contribution >= 0.6 is 11.3 Å². The third-order valence-corrected chi connectivity index (χ3v) is 3.39. The van der Waals surface area contributed by atoms with Crippen molar-refractivity contribution in [2.45, 2.75) is 6.92 Å². The molecule has 1 heterocycles. The highest BCUT2D eigenvalue weighted by Gasteiger charge is 2.12. The summed E-state index contributed by atoms with van der Waals surface area (Å²) in [6.07, 6.45) is 0. The van der Waals surface area contributed by atoms with E-state index in [1.54, 1.807) is 24.4 Å². The minimum Gasteiger partial charge on any atom is -0.462 e. The van der Waals surface area contributed by atoms with Crippen LogP contribution in [0.5, 0.6) is 0 Å². The van der Waals surface area contributed by atoms with E-state index in [2.05, 4.69) is 4.85 Å². The van der Waals surface area contributed by atoms with Crippen molar-refractivity contribution in [2.24, 2.45) is 0 Å². The Labute approximate surface area is 114 Å². The van der Waals surface area contributed by atoms with Crippen LogP contribution in [0.3, 0.4) is 0 Å². The van der Waals surface area contributed by atoms with Gasteiger partial charge in [-0.25, -0.2) is 14.0 Å². The maximum Gasteiger partial charge on any atom is 0.348 e. The second kappa shape index (κ2) is 5.63. The predicted octanol–water partition coefficient (Wildman–Crippen LogP) is 4.28. The Bertz CT molecular complexity index is 658. The number of ether oxygens (including phenoxy) is 1. The summed E-state index contributed by atoms with van der Waals surface area (Å²) in [5, 5.41) is 1.76. The van der Waals surface area contributed by atoms with Crippen LogP contribution in [-0.2, 0) is 4.74 Å². The van der Waals surface area contributed by atoms with Gasteiger partial charge in [-0.3, -0.25) is 0 Å². The molecule has 3 nitrogen and oxygen atoms in total. The number of hydrogen-bond acceptors (Lipinski definition) is 3. The molecule has 0 fully saturated rings. The number of thiophene rings is 1. The van der Waals surface area contributed by atoms with Gasteiger partial charge >= 0.3 is 5.97 Å². The molecular formula is C14H10FNO2S. The summed E-state index contributed by atoms with van der Waals surface area (Å²) in [5.74, 6) is -0.937. The van der Waals surface area contributed by atoms with Crippen LogP contribution in [-0.4, -0.2) is 12.6 Å². The third-order valence-electron chi connectivity index (χ3n) is 2.48. The van der Waals surface area contributed by atoms with Gasteiger partial charge < -0.3 is 4.74 Å². The number of hydrogen-bond donors (Lipinski definition) is 0. The van der Waals surface area contributed by atoms with Crippen LogP contribution in [0.4, 0.5) is 10.1 Å². The molecule has 0 saturated carbocycles. The number of carbonyl (C=O) groups is 1. The van der Waals surface area contributed by atoms with Crippen LogP contribution in [0.2, 0.25) is 0 Å². The molecule has 0 aliphatic rings. The van der Waals surface area contributed by atoms with E-state index in [0.717, 1.165) is 5.56 Å². The lowest BCUT2D eigenvalue weighted by Gasteiger charge is -1.99.